The van der Waals surface area contributed by atoms with Crippen LogP contribution in [-0.4, -0.2) is 23.6 Å². The summed E-state index contributed by atoms with van der Waals surface area (Å²) < 4.78 is 5.79. The average molecular weight is 391 g/mol. The molecule has 1 saturated carbocycles. The van der Waals surface area contributed by atoms with Gasteiger partial charge < -0.3 is 20.9 Å². The van der Waals surface area contributed by atoms with Crippen LogP contribution in [0.3, 0.4) is 0 Å². The summed E-state index contributed by atoms with van der Waals surface area (Å²) in [4.78, 5) is 12.2. The predicted octanol–water partition coefficient (Wildman–Crippen LogP) is 2.96. The summed E-state index contributed by atoms with van der Waals surface area (Å²) in [5.74, 6) is 0.643. The number of hydrogen-bond acceptors (Lipinski definition) is 4. The number of aliphatic hydroxyl groups is 1. The van der Waals surface area contributed by atoms with E-state index in [-0.39, 0.29) is 36.8 Å². The van der Waals surface area contributed by atoms with Crippen molar-refractivity contribution in [2.75, 3.05) is 6.54 Å². The van der Waals surface area contributed by atoms with Crippen LogP contribution in [0.4, 0.5) is 0 Å². The van der Waals surface area contributed by atoms with Crippen LogP contribution in [0, 0.1) is 5.92 Å². The molecule has 3 atom stereocenters. The minimum absolute atomic E-state index is 0. The van der Waals surface area contributed by atoms with Gasteiger partial charge in [0.05, 0.1) is 6.10 Å². The maximum atomic E-state index is 12.2. The van der Waals surface area contributed by atoms with Gasteiger partial charge in [-0.1, -0.05) is 42.5 Å². The smallest absolute Gasteiger partial charge is 0.223 e. The minimum atomic E-state index is -0.769. The molecule has 1 aliphatic carbocycles. The van der Waals surface area contributed by atoms with Crippen LogP contribution in [-0.2, 0) is 11.4 Å². The Balaban J connectivity index is 0.00000261. The molecule has 0 bridgehead atoms. The van der Waals surface area contributed by atoms with E-state index in [0.717, 1.165) is 30.4 Å². The quantitative estimate of drug-likeness (QED) is 0.678. The Morgan fingerprint density at radius 3 is 2.67 bits per heavy atom. The molecule has 4 N–H and O–H groups in total. The molecule has 6 heteroatoms. The van der Waals surface area contributed by atoms with Gasteiger partial charge in [0.15, 0.2) is 0 Å². The molecule has 0 aliphatic heterocycles. The maximum Gasteiger partial charge on any atom is 0.223 e. The number of carbonyl (C=O) groups excluding carboxylic acids is 1. The van der Waals surface area contributed by atoms with Crippen molar-refractivity contribution in [2.45, 2.75) is 38.0 Å². The fourth-order valence-electron chi connectivity index (χ4n) is 3.27. The molecule has 3 rings (SSSR count). The number of nitrogens with one attached hydrogen (secondary N) is 1. The fraction of sp³-hybridized carbons (Fsp3) is 0.381. The molecule has 146 valence electrons. The van der Waals surface area contributed by atoms with Crippen molar-refractivity contribution in [1.82, 2.24) is 5.32 Å². The lowest BCUT2D eigenvalue weighted by Gasteiger charge is -2.16. The normalized spacial score (nSPS) is 19.8. The highest BCUT2D eigenvalue weighted by Crippen LogP contribution is 2.24. The van der Waals surface area contributed by atoms with E-state index in [1.54, 1.807) is 0 Å². The molecular weight excluding hydrogens is 364 g/mol. The number of amides is 1. The zero-order chi connectivity index (χ0) is 18.4. The van der Waals surface area contributed by atoms with Gasteiger partial charge in [-0.25, -0.2) is 0 Å². The second-order valence-electron chi connectivity index (χ2n) is 6.88. The standard InChI is InChI=1S/C21H26N2O3.ClH/c22-18-10-9-17(11-18)21(25)23-13-20(24)16-7-4-8-19(12-16)26-14-15-5-2-1-3-6-15;/h1-8,12,17-18,20,24H,9-11,13-14,22H2,(H,23,25);1H. The van der Waals surface area contributed by atoms with Crippen molar-refractivity contribution in [1.29, 1.82) is 0 Å². The summed E-state index contributed by atoms with van der Waals surface area (Å²) in [6, 6.07) is 17.4. The molecule has 1 fully saturated rings. The third kappa shape index (κ3) is 6.24. The van der Waals surface area contributed by atoms with Gasteiger partial charge in [0.1, 0.15) is 12.4 Å². The molecule has 0 saturated heterocycles. The number of ether oxygens (including phenoxy) is 1. The second-order valence-corrected chi connectivity index (χ2v) is 6.88. The highest BCUT2D eigenvalue weighted by Gasteiger charge is 2.27. The Morgan fingerprint density at radius 2 is 1.96 bits per heavy atom. The van der Waals surface area contributed by atoms with E-state index in [1.807, 2.05) is 54.6 Å². The van der Waals surface area contributed by atoms with E-state index >= 15 is 0 Å². The number of halogens is 1. The van der Waals surface area contributed by atoms with Crippen LogP contribution in [0.1, 0.15) is 36.5 Å². The van der Waals surface area contributed by atoms with Crippen LogP contribution in [0.25, 0.3) is 0 Å². The van der Waals surface area contributed by atoms with Gasteiger partial charge in [0.2, 0.25) is 5.91 Å². The number of benzene rings is 2. The molecule has 0 spiro atoms. The number of nitrogens with two attached hydrogens (primary N) is 1. The maximum absolute atomic E-state index is 12.2. The third-order valence-corrected chi connectivity index (χ3v) is 4.80. The predicted molar refractivity (Wildman–Crippen MR) is 108 cm³/mol. The SMILES string of the molecule is Cl.NC1CCC(C(=O)NCC(O)c2cccc(OCc3ccccc3)c2)C1. The van der Waals surface area contributed by atoms with Gasteiger partial charge in [0.25, 0.3) is 0 Å². The number of rotatable bonds is 7. The minimum Gasteiger partial charge on any atom is -0.489 e. The third-order valence-electron chi connectivity index (χ3n) is 4.80. The molecule has 3 unspecified atom stereocenters. The van der Waals surface area contributed by atoms with Crippen molar-refractivity contribution in [3.8, 4) is 5.75 Å². The molecule has 0 heterocycles. The van der Waals surface area contributed by atoms with Gasteiger partial charge in [-0.2, -0.15) is 0 Å². The summed E-state index contributed by atoms with van der Waals surface area (Å²) in [5.41, 5.74) is 7.66. The Bertz CT molecular complexity index is 726. The van der Waals surface area contributed by atoms with E-state index in [1.165, 1.54) is 0 Å². The van der Waals surface area contributed by atoms with Gasteiger partial charge >= 0.3 is 0 Å². The molecule has 1 amide bonds. The van der Waals surface area contributed by atoms with Crippen molar-refractivity contribution < 1.29 is 14.6 Å². The number of aliphatic hydroxyl groups excluding tert-OH is 1. The molecule has 1 aliphatic rings. The monoisotopic (exact) mass is 390 g/mol. The molecular formula is C21H27ClN2O3. The summed E-state index contributed by atoms with van der Waals surface area (Å²) in [6.07, 6.45) is 1.67. The first-order valence-corrected chi connectivity index (χ1v) is 9.10. The Morgan fingerprint density at radius 1 is 1.19 bits per heavy atom. The van der Waals surface area contributed by atoms with Crippen molar-refractivity contribution in [3.05, 3.63) is 65.7 Å². The van der Waals surface area contributed by atoms with Gasteiger partial charge in [0, 0.05) is 18.5 Å². The van der Waals surface area contributed by atoms with Gasteiger partial charge in [-0.3, -0.25) is 4.79 Å². The molecule has 5 nitrogen and oxygen atoms in total. The summed E-state index contributed by atoms with van der Waals surface area (Å²) >= 11 is 0. The number of carbonyl (C=O) groups is 1. The summed E-state index contributed by atoms with van der Waals surface area (Å²) in [7, 11) is 0. The molecule has 2 aromatic carbocycles. The zero-order valence-electron chi connectivity index (χ0n) is 15.2. The fourth-order valence-corrected chi connectivity index (χ4v) is 3.27. The van der Waals surface area contributed by atoms with E-state index in [4.69, 9.17) is 10.5 Å². The molecule has 0 aromatic heterocycles. The molecule has 0 radical (unpaired) electrons. The van der Waals surface area contributed by atoms with Crippen LogP contribution in [0.15, 0.2) is 54.6 Å². The van der Waals surface area contributed by atoms with E-state index in [2.05, 4.69) is 5.32 Å². The zero-order valence-corrected chi connectivity index (χ0v) is 16.0. The Hall–Kier alpha value is -2.08. The van der Waals surface area contributed by atoms with Crippen molar-refractivity contribution >= 4 is 18.3 Å². The number of hydrogen-bond donors (Lipinski definition) is 3. The summed E-state index contributed by atoms with van der Waals surface area (Å²) in [5, 5.41) is 13.2. The molecule has 27 heavy (non-hydrogen) atoms. The van der Waals surface area contributed by atoms with Crippen LogP contribution in [0.5, 0.6) is 5.75 Å². The Labute approximate surface area is 166 Å². The summed E-state index contributed by atoms with van der Waals surface area (Å²) in [6.45, 7) is 0.659. The van der Waals surface area contributed by atoms with Crippen LogP contribution >= 0.6 is 12.4 Å². The van der Waals surface area contributed by atoms with E-state index < -0.39 is 6.10 Å². The first-order valence-electron chi connectivity index (χ1n) is 9.10. The van der Waals surface area contributed by atoms with E-state index in [9.17, 15) is 9.90 Å². The second kappa shape index (κ2) is 10.3. The Kier molecular flexibility index (Phi) is 8.10. The van der Waals surface area contributed by atoms with Crippen LogP contribution < -0.4 is 15.8 Å². The van der Waals surface area contributed by atoms with Crippen molar-refractivity contribution in [3.63, 3.8) is 0 Å². The van der Waals surface area contributed by atoms with Crippen LogP contribution in [0.2, 0.25) is 0 Å². The topological polar surface area (TPSA) is 84.6 Å². The first kappa shape index (κ1) is 21.2. The van der Waals surface area contributed by atoms with Crippen molar-refractivity contribution in [2.24, 2.45) is 11.7 Å². The van der Waals surface area contributed by atoms with Gasteiger partial charge in [-0.05, 0) is 42.5 Å². The van der Waals surface area contributed by atoms with E-state index in [0.29, 0.717) is 12.4 Å². The highest BCUT2D eigenvalue weighted by molar-refractivity contribution is 5.85. The average Bonchev–Trinajstić information content (AvgIpc) is 3.12. The first-order chi connectivity index (χ1) is 12.6. The van der Waals surface area contributed by atoms with Gasteiger partial charge in [-0.15, -0.1) is 12.4 Å². The largest absolute Gasteiger partial charge is 0.489 e. The lowest BCUT2D eigenvalue weighted by atomic mass is 10.1. The molecule has 2 aromatic rings. The lowest BCUT2D eigenvalue weighted by Crippen LogP contribution is -2.33. The lowest BCUT2D eigenvalue weighted by molar-refractivity contribution is -0.125. The highest BCUT2D eigenvalue weighted by atomic mass is 35.5.